The summed E-state index contributed by atoms with van der Waals surface area (Å²) in [5.41, 5.74) is 4.80. The molecule has 2 heterocycles. The Morgan fingerprint density at radius 1 is 1.10 bits per heavy atom. The third-order valence-corrected chi connectivity index (χ3v) is 3.87. The van der Waals surface area contributed by atoms with Gasteiger partial charge in [-0.15, -0.1) is 0 Å². The van der Waals surface area contributed by atoms with Gasteiger partial charge in [-0.25, -0.2) is 9.97 Å². The molecule has 4 nitrogen and oxygen atoms in total. The maximum Gasteiger partial charge on any atom is 0.108 e. The lowest BCUT2D eigenvalue weighted by Gasteiger charge is -2.06. The van der Waals surface area contributed by atoms with Crippen LogP contribution in [0.25, 0.3) is 5.69 Å². The third-order valence-electron chi connectivity index (χ3n) is 3.87. The van der Waals surface area contributed by atoms with Gasteiger partial charge >= 0.3 is 0 Å². The average Bonchev–Trinajstić information content (AvgIpc) is 3.11. The second-order valence-corrected chi connectivity index (χ2v) is 5.37. The zero-order valence-electron chi connectivity index (χ0n) is 12.7. The van der Waals surface area contributed by atoms with Gasteiger partial charge in [0.2, 0.25) is 0 Å². The Labute approximate surface area is 125 Å². The molecule has 0 aliphatic rings. The van der Waals surface area contributed by atoms with E-state index in [1.807, 2.05) is 18.7 Å². The van der Waals surface area contributed by atoms with Crippen molar-refractivity contribution in [3.63, 3.8) is 0 Å². The maximum absolute atomic E-state index is 4.51. The molecular weight excluding hydrogens is 260 g/mol. The highest BCUT2D eigenvalue weighted by molar-refractivity contribution is 5.39. The number of aryl methyl sites for hydroxylation is 3. The molecule has 0 radical (unpaired) electrons. The van der Waals surface area contributed by atoms with E-state index >= 15 is 0 Å². The van der Waals surface area contributed by atoms with E-state index in [1.54, 1.807) is 0 Å². The quantitative estimate of drug-likeness (QED) is 0.735. The molecule has 2 aromatic heterocycles. The normalized spacial score (nSPS) is 11.0. The van der Waals surface area contributed by atoms with Crippen LogP contribution in [-0.2, 0) is 13.0 Å². The fourth-order valence-electron chi connectivity index (χ4n) is 2.45. The number of hydrogen-bond donors (Lipinski definition) is 0. The van der Waals surface area contributed by atoms with Gasteiger partial charge in [-0.2, -0.15) is 0 Å². The Morgan fingerprint density at radius 3 is 2.71 bits per heavy atom. The highest BCUT2D eigenvalue weighted by Crippen LogP contribution is 2.15. The molecule has 3 rings (SSSR count). The summed E-state index contributed by atoms with van der Waals surface area (Å²) >= 11 is 0. The van der Waals surface area contributed by atoms with E-state index in [-0.39, 0.29) is 0 Å². The lowest BCUT2D eigenvalue weighted by atomic mass is 10.1. The summed E-state index contributed by atoms with van der Waals surface area (Å²) in [4.78, 5) is 8.85. The Kier molecular flexibility index (Phi) is 3.60. The van der Waals surface area contributed by atoms with Gasteiger partial charge in [-0.05, 0) is 37.1 Å². The van der Waals surface area contributed by atoms with Crippen molar-refractivity contribution in [1.29, 1.82) is 0 Å². The van der Waals surface area contributed by atoms with Gasteiger partial charge in [-0.1, -0.05) is 13.0 Å². The monoisotopic (exact) mass is 280 g/mol. The smallest absolute Gasteiger partial charge is 0.108 e. The first kappa shape index (κ1) is 13.6. The third kappa shape index (κ3) is 2.75. The fraction of sp³-hybridized carbons (Fsp3) is 0.294. The molecule has 1 aromatic carbocycles. The van der Waals surface area contributed by atoms with E-state index < -0.39 is 0 Å². The lowest BCUT2D eigenvalue weighted by molar-refractivity contribution is 0.719. The van der Waals surface area contributed by atoms with Crippen molar-refractivity contribution in [3.05, 3.63) is 65.8 Å². The largest absolute Gasteiger partial charge is 0.329 e. The maximum atomic E-state index is 4.51. The molecule has 3 aromatic rings. The van der Waals surface area contributed by atoms with Crippen molar-refractivity contribution in [3.8, 4) is 5.69 Å². The van der Waals surface area contributed by atoms with Crippen LogP contribution < -0.4 is 0 Å². The van der Waals surface area contributed by atoms with Crippen molar-refractivity contribution >= 4 is 0 Å². The lowest BCUT2D eigenvalue weighted by Crippen LogP contribution is -2.03. The second-order valence-electron chi connectivity index (χ2n) is 5.37. The van der Waals surface area contributed by atoms with Crippen LogP contribution in [0.5, 0.6) is 0 Å². The highest BCUT2D eigenvalue weighted by atomic mass is 15.1. The zero-order valence-corrected chi connectivity index (χ0v) is 12.7. The molecule has 0 aliphatic carbocycles. The fourth-order valence-corrected chi connectivity index (χ4v) is 2.45. The van der Waals surface area contributed by atoms with Crippen LogP contribution in [0.4, 0.5) is 0 Å². The summed E-state index contributed by atoms with van der Waals surface area (Å²) in [6.07, 6.45) is 8.75. The molecule has 4 heteroatoms. The van der Waals surface area contributed by atoms with Crippen LogP contribution in [0.3, 0.4) is 0 Å². The van der Waals surface area contributed by atoms with Gasteiger partial charge in [0.25, 0.3) is 0 Å². The van der Waals surface area contributed by atoms with Gasteiger partial charge in [0.15, 0.2) is 0 Å². The van der Waals surface area contributed by atoms with Gasteiger partial charge < -0.3 is 9.13 Å². The molecule has 0 spiro atoms. The van der Waals surface area contributed by atoms with Crippen molar-refractivity contribution in [2.75, 3.05) is 0 Å². The summed E-state index contributed by atoms with van der Waals surface area (Å²) in [5, 5.41) is 0. The highest BCUT2D eigenvalue weighted by Gasteiger charge is 2.05. The number of rotatable bonds is 4. The second kappa shape index (κ2) is 5.56. The summed E-state index contributed by atoms with van der Waals surface area (Å²) in [6.45, 7) is 7.15. The number of aromatic nitrogens is 4. The van der Waals surface area contributed by atoms with E-state index in [0.717, 1.165) is 30.2 Å². The number of benzene rings is 1. The molecule has 0 amide bonds. The van der Waals surface area contributed by atoms with E-state index in [0.29, 0.717) is 0 Å². The predicted octanol–water partition coefficient (Wildman–Crippen LogP) is 3.30. The molecule has 0 saturated heterocycles. The van der Waals surface area contributed by atoms with Crippen LogP contribution in [0.1, 0.15) is 29.6 Å². The minimum atomic E-state index is 0.765. The number of hydrogen-bond acceptors (Lipinski definition) is 2. The van der Waals surface area contributed by atoms with Crippen molar-refractivity contribution in [2.24, 2.45) is 0 Å². The SMILES string of the molecule is CCc1nccn1Cc1cn(-c2ccc(C)c(C)c2)cn1. The van der Waals surface area contributed by atoms with E-state index in [4.69, 9.17) is 0 Å². The Balaban J connectivity index is 1.84. The standard InChI is InChI=1S/C17H20N4/c1-4-17-18-7-8-20(17)10-15-11-21(12-19-15)16-6-5-13(2)14(3)9-16/h5-9,11-12H,4,10H2,1-3H3. The molecule has 0 saturated carbocycles. The number of imidazole rings is 2. The van der Waals surface area contributed by atoms with Gasteiger partial charge in [0.05, 0.1) is 18.6 Å². The Morgan fingerprint density at radius 2 is 1.95 bits per heavy atom. The van der Waals surface area contributed by atoms with Crippen molar-refractivity contribution in [1.82, 2.24) is 19.1 Å². The zero-order chi connectivity index (χ0) is 14.8. The van der Waals surface area contributed by atoms with Gasteiger partial charge in [-0.3, -0.25) is 0 Å². The molecule has 0 aliphatic heterocycles. The Hall–Kier alpha value is -2.36. The van der Waals surface area contributed by atoms with E-state index in [9.17, 15) is 0 Å². The van der Waals surface area contributed by atoms with Crippen LogP contribution >= 0.6 is 0 Å². The Bertz CT molecular complexity index is 752. The van der Waals surface area contributed by atoms with Gasteiger partial charge in [0.1, 0.15) is 5.82 Å². The minimum Gasteiger partial charge on any atom is -0.329 e. The van der Waals surface area contributed by atoms with Crippen molar-refractivity contribution < 1.29 is 0 Å². The summed E-state index contributed by atoms with van der Waals surface area (Å²) in [6, 6.07) is 6.47. The topological polar surface area (TPSA) is 35.6 Å². The van der Waals surface area contributed by atoms with Crippen LogP contribution in [-0.4, -0.2) is 19.1 Å². The molecule has 21 heavy (non-hydrogen) atoms. The van der Waals surface area contributed by atoms with Gasteiger partial charge in [0, 0.05) is 30.7 Å². The van der Waals surface area contributed by atoms with Crippen LogP contribution in [0.2, 0.25) is 0 Å². The number of nitrogens with zero attached hydrogens (tertiary/aromatic N) is 4. The summed E-state index contributed by atoms with van der Waals surface area (Å²) in [7, 11) is 0. The molecule has 0 N–H and O–H groups in total. The average molecular weight is 280 g/mol. The first-order chi connectivity index (χ1) is 10.2. The molecule has 0 unspecified atom stereocenters. The molecular formula is C17H20N4. The minimum absolute atomic E-state index is 0.765. The summed E-state index contributed by atoms with van der Waals surface area (Å²) < 4.78 is 4.22. The molecule has 0 atom stereocenters. The van der Waals surface area contributed by atoms with Crippen LogP contribution in [0.15, 0.2) is 43.1 Å². The molecule has 0 fully saturated rings. The van der Waals surface area contributed by atoms with E-state index in [1.165, 1.54) is 11.1 Å². The van der Waals surface area contributed by atoms with E-state index in [2.05, 4.69) is 64.3 Å². The molecule has 0 bridgehead atoms. The summed E-state index contributed by atoms with van der Waals surface area (Å²) in [5.74, 6) is 1.09. The van der Waals surface area contributed by atoms with Crippen molar-refractivity contribution in [2.45, 2.75) is 33.7 Å². The molecule has 108 valence electrons. The first-order valence-electron chi connectivity index (χ1n) is 7.28. The predicted molar refractivity (Wildman–Crippen MR) is 83.7 cm³/mol. The van der Waals surface area contributed by atoms with Crippen LogP contribution in [0, 0.1) is 13.8 Å². The first-order valence-corrected chi connectivity index (χ1v) is 7.28.